The van der Waals surface area contributed by atoms with Crippen LogP contribution in [0.4, 0.5) is 9.93 Å². The summed E-state index contributed by atoms with van der Waals surface area (Å²) in [6.45, 7) is 7.40. The Labute approximate surface area is 162 Å². The van der Waals surface area contributed by atoms with Gasteiger partial charge in [-0.3, -0.25) is 14.5 Å². The van der Waals surface area contributed by atoms with Gasteiger partial charge < -0.3 is 15.1 Å². The van der Waals surface area contributed by atoms with Crippen LogP contribution < -0.4 is 10.2 Å². The molecule has 0 unspecified atom stereocenters. The number of hydrogen-bond donors (Lipinski definition) is 1. The van der Waals surface area contributed by atoms with Crippen LogP contribution in [0, 0.1) is 12.8 Å². The van der Waals surface area contributed by atoms with E-state index in [9.17, 15) is 14.4 Å². The summed E-state index contributed by atoms with van der Waals surface area (Å²) in [6.07, 6.45) is 1.04. The number of likely N-dealkylation sites (N-methyl/N-ethyl adjacent to an activating group) is 1. The summed E-state index contributed by atoms with van der Waals surface area (Å²) in [6, 6.07) is -0.363. The Bertz CT molecular complexity index is 741. The Kier molecular flexibility index (Phi) is 5.36. The van der Waals surface area contributed by atoms with Gasteiger partial charge in [0.1, 0.15) is 17.9 Å². The van der Waals surface area contributed by atoms with Crippen molar-refractivity contribution in [3.63, 3.8) is 0 Å². The first-order chi connectivity index (χ1) is 12.8. The summed E-state index contributed by atoms with van der Waals surface area (Å²) in [5, 5.41) is 3.33. The second-order valence-electron chi connectivity index (χ2n) is 7.49. The van der Waals surface area contributed by atoms with Gasteiger partial charge in [0.15, 0.2) is 0 Å². The molecule has 2 aliphatic rings. The lowest BCUT2D eigenvalue weighted by Crippen LogP contribution is -2.57. The number of imide groups is 1. The third-order valence-electron chi connectivity index (χ3n) is 5.13. The molecule has 2 aliphatic heterocycles. The number of nitrogens with one attached hydrogen (secondary N) is 1. The Balaban J connectivity index is 1.83. The van der Waals surface area contributed by atoms with E-state index in [4.69, 9.17) is 0 Å². The average Bonchev–Trinajstić information content (AvgIpc) is 3.14. The summed E-state index contributed by atoms with van der Waals surface area (Å²) in [4.78, 5) is 47.3. The molecule has 0 aliphatic carbocycles. The molecular weight excluding hydrogens is 368 g/mol. The van der Waals surface area contributed by atoms with E-state index in [-0.39, 0.29) is 30.3 Å². The first kappa shape index (κ1) is 19.5. The quantitative estimate of drug-likeness (QED) is 0.744. The molecule has 3 rings (SSSR count). The number of piperidine rings is 1. The standard InChI is InChI=1S/C17H26N6O3S/c1-11(2)9-23-16(26)22(10-13(24)18-4)14(25)17(23)5-7-21(8-6-17)15-19-12(3)20-27-15/h11H,5-10H2,1-4H3,(H,18,24). The van der Waals surface area contributed by atoms with Crippen molar-refractivity contribution in [2.75, 3.05) is 38.1 Å². The topological polar surface area (TPSA) is 98.7 Å². The molecule has 0 saturated carbocycles. The van der Waals surface area contributed by atoms with Gasteiger partial charge in [-0.1, -0.05) is 13.8 Å². The van der Waals surface area contributed by atoms with Crippen LogP contribution in [0.15, 0.2) is 0 Å². The van der Waals surface area contributed by atoms with Crippen LogP contribution >= 0.6 is 11.5 Å². The van der Waals surface area contributed by atoms with E-state index in [1.807, 2.05) is 20.8 Å². The number of amides is 4. The molecular formula is C17H26N6O3S. The summed E-state index contributed by atoms with van der Waals surface area (Å²) in [7, 11) is 1.50. The number of aromatic nitrogens is 2. The maximum Gasteiger partial charge on any atom is 0.328 e. The molecule has 27 heavy (non-hydrogen) atoms. The van der Waals surface area contributed by atoms with E-state index in [0.29, 0.717) is 32.5 Å². The van der Waals surface area contributed by atoms with E-state index < -0.39 is 5.54 Å². The lowest BCUT2D eigenvalue weighted by Gasteiger charge is -2.42. The van der Waals surface area contributed by atoms with E-state index in [0.717, 1.165) is 15.9 Å². The zero-order valence-corrected chi connectivity index (χ0v) is 17.0. The fraction of sp³-hybridized carbons (Fsp3) is 0.706. The highest BCUT2D eigenvalue weighted by Crippen LogP contribution is 2.39. The Hall–Kier alpha value is -2.23. The lowest BCUT2D eigenvalue weighted by atomic mass is 9.85. The maximum absolute atomic E-state index is 13.2. The molecule has 0 atom stereocenters. The minimum Gasteiger partial charge on any atom is -0.358 e. The first-order valence-corrected chi connectivity index (χ1v) is 9.95. The molecule has 0 aromatic carbocycles. The summed E-state index contributed by atoms with van der Waals surface area (Å²) >= 11 is 1.35. The van der Waals surface area contributed by atoms with Crippen LogP contribution in [0.1, 0.15) is 32.5 Å². The molecule has 3 heterocycles. The number of urea groups is 1. The zero-order valence-electron chi connectivity index (χ0n) is 16.2. The van der Waals surface area contributed by atoms with Crippen LogP contribution in [-0.2, 0) is 9.59 Å². The van der Waals surface area contributed by atoms with E-state index in [1.165, 1.54) is 18.6 Å². The van der Waals surface area contributed by atoms with Gasteiger partial charge in [0.05, 0.1) is 0 Å². The molecule has 1 spiro atoms. The number of aryl methyl sites for hydroxylation is 1. The molecule has 2 saturated heterocycles. The average molecular weight is 395 g/mol. The molecule has 1 aromatic heterocycles. The van der Waals surface area contributed by atoms with Crippen molar-refractivity contribution in [3.8, 4) is 0 Å². The Morgan fingerprint density at radius 1 is 1.30 bits per heavy atom. The van der Waals surface area contributed by atoms with Crippen molar-refractivity contribution >= 4 is 34.5 Å². The normalized spacial score (nSPS) is 19.5. The van der Waals surface area contributed by atoms with Gasteiger partial charge in [-0.25, -0.2) is 9.78 Å². The lowest BCUT2D eigenvalue weighted by molar-refractivity contribution is -0.137. The molecule has 0 bridgehead atoms. The third-order valence-corrected chi connectivity index (χ3v) is 6.00. The number of carbonyl (C=O) groups excluding carboxylic acids is 3. The van der Waals surface area contributed by atoms with Gasteiger partial charge in [0, 0.05) is 38.2 Å². The van der Waals surface area contributed by atoms with Crippen molar-refractivity contribution in [2.24, 2.45) is 5.92 Å². The predicted octanol–water partition coefficient (Wildman–Crippen LogP) is 0.852. The number of anilines is 1. The number of carbonyl (C=O) groups is 3. The minimum absolute atomic E-state index is 0.224. The van der Waals surface area contributed by atoms with Crippen molar-refractivity contribution in [3.05, 3.63) is 5.82 Å². The van der Waals surface area contributed by atoms with Gasteiger partial charge in [-0.05, 0) is 25.7 Å². The fourth-order valence-corrected chi connectivity index (χ4v) is 4.45. The van der Waals surface area contributed by atoms with Crippen molar-refractivity contribution in [2.45, 2.75) is 39.2 Å². The van der Waals surface area contributed by atoms with Gasteiger partial charge in [-0.15, -0.1) is 0 Å². The molecule has 1 aromatic rings. The maximum atomic E-state index is 13.2. The smallest absolute Gasteiger partial charge is 0.328 e. The monoisotopic (exact) mass is 394 g/mol. The highest BCUT2D eigenvalue weighted by atomic mass is 32.1. The van der Waals surface area contributed by atoms with Crippen molar-refractivity contribution in [1.82, 2.24) is 24.5 Å². The van der Waals surface area contributed by atoms with Gasteiger partial charge >= 0.3 is 6.03 Å². The van der Waals surface area contributed by atoms with Crippen LogP contribution in [0.2, 0.25) is 0 Å². The van der Waals surface area contributed by atoms with Gasteiger partial charge in [0.2, 0.25) is 11.0 Å². The van der Waals surface area contributed by atoms with Crippen LogP contribution in [-0.4, -0.2) is 75.8 Å². The van der Waals surface area contributed by atoms with Crippen LogP contribution in [0.5, 0.6) is 0 Å². The van der Waals surface area contributed by atoms with Crippen molar-refractivity contribution in [1.29, 1.82) is 0 Å². The molecule has 4 amide bonds. The highest BCUT2D eigenvalue weighted by molar-refractivity contribution is 7.09. The largest absolute Gasteiger partial charge is 0.358 e. The molecule has 148 valence electrons. The third kappa shape index (κ3) is 3.50. The molecule has 1 N–H and O–H groups in total. The zero-order chi connectivity index (χ0) is 19.8. The number of hydrogen-bond acceptors (Lipinski definition) is 7. The Morgan fingerprint density at radius 2 is 1.96 bits per heavy atom. The molecule has 2 fully saturated rings. The predicted molar refractivity (Wildman–Crippen MR) is 102 cm³/mol. The minimum atomic E-state index is -0.869. The van der Waals surface area contributed by atoms with Crippen LogP contribution in [0.25, 0.3) is 0 Å². The van der Waals surface area contributed by atoms with Gasteiger partial charge in [-0.2, -0.15) is 4.37 Å². The fourth-order valence-electron chi connectivity index (χ4n) is 3.73. The highest BCUT2D eigenvalue weighted by Gasteiger charge is 2.58. The summed E-state index contributed by atoms with van der Waals surface area (Å²) in [5.41, 5.74) is -0.869. The summed E-state index contributed by atoms with van der Waals surface area (Å²) in [5.74, 6) is 0.355. The molecule has 0 radical (unpaired) electrons. The van der Waals surface area contributed by atoms with Gasteiger partial charge in [0.25, 0.3) is 5.91 Å². The second kappa shape index (κ2) is 7.41. The first-order valence-electron chi connectivity index (χ1n) is 9.18. The number of nitrogens with zero attached hydrogens (tertiary/aromatic N) is 5. The molecule has 10 heteroatoms. The van der Waals surface area contributed by atoms with E-state index >= 15 is 0 Å². The SMILES string of the molecule is CNC(=O)CN1C(=O)N(CC(C)C)C2(CCN(c3nc(C)ns3)CC2)C1=O. The van der Waals surface area contributed by atoms with E-state index in [2.05, 4.69) is 19.6 Å². The van der Waals surface area contributed by atoms with E-state index in [1.54, 1.807) is 4.90 Å². The second-order valence-corrected chi connectivity index (χ2v) is 8.22. The van der Waals surface area contributed by atoms with Crippen molar-refractivity contribution < 1.29 is 14.4 Å². The van der Waals surface area contributed by atoms with Crippen LogP contribution in [0.3, 0.4) is 0 Å². The molecule has 9 nitrogen and oxygen atoms in total. The number of rotatable bonds is 5. The Morgan fingerprint density at radius 3 is 2.48 bits per heavy atom. The summed E-state index contributed by atoms with van der Waals surface area (Å²) < 4.78 is 4.22.